The molecule has 50 heavy (non-hydrogen) atoms. The van der Waals surface area contributed by atoms with E-state index >= 15 is 0 Å². The lowest BCUT2D eigenvalue weighted by atomic mass is 9.87. The van der Waals surface area contributed by atoms with Crippen LogP contribution in [0.2, 0.25) is 0 Å². The van der Waals surface area contributed by atoms with Gasteiger partial charge in [0.25, 0.3) is 0 Å². The largest absolute Gasteiger partial charge is 0.281 e. The molecule has 0 fully saturated rings. The number of pyridine rings is 1. The Kier molecular flexibility index (Phi) is 9.18. The van der Waals surface area contributed by atoms with Gasteiger partial charge in [-0.3, -0.25) is 9.98 Å². The predicted molar refractivity (Wildman–Crippen MR) is 215 cm³/mol. The molecule has 1 aromatic heterocycles. The van der Waals surface area contributed by atoms with E-state index in [-0.39, 0.29) is 22.4 Å². The van der Waals surface area contributed by atoms with E-state index in [9.17, 15) is 0 Å². The number of benzene rings is 5. The quantitative estimate of drug-likeness (QED) is 0.112. The van der Waals surface area contributed by atoms with Crippen LogP contribution in [-0.4, -0.2) is 21.6 Å². The molecule has 6 aromatic rings. The van der Waals surface area contributed by atoms with Crippen LogP contribution in [0.25, 0.3) is 11.1 Å². The van der Waals surface area contributed by atoms with E-state index in [1.165, 1.54) is 43.2 Å². The molecule has 3 heterocycles. The molecular weight excluding hydrogens is 647 g/mol. The molecule has 3 nitrogen and oxygen atoms in total. The van der Waals surface area contributed by atoms with Gasteiger partial charge in [-0.2, -0.15) is 0 Å². The molecule has 0 N–H and O–H groups in total. The number of thioether (sulfide) groups is 1. The second-order valence-corrected chi connectivity index (χ2v) is 16.0. The topological polar surface area (TPSA) is 37.6 Å². The molecule has 0 aliphatic carbocycles. The average Bonchev–Trinajstić information content (AvgIpc) is 3.76. The fourth-order valence-electron chi connectivity index (χ4n) is 7.04. The Morgan fingerprint density at radius 2 is 1.52 bits per heavy atom. The fourth-order valence-corrected chi connectivity index (χ4v) is 9.77. The number of hydrogen-bond donors (Lipinski definition) is 0. The molecule has 0 bridgehead atoms. The summed E-state index contributed by atoms with van der Waals surface area (Å²) in [5, 5.41) is 1.45. The van der Waals surface area contributed by atoms with E-state index in [0.29, 0.717) is 5.25 Å². The number of hydrogen-bond acceptors (Lipinski definition) is 4. The second-order valence-electron chi connectivity index (χ2n) is 13.2. The lowest BCUT2D eigenvalue weighted by Crippen LogP contribution is -2.08. The number of fused-ring (bicyclic) bond motifs is 2. The molecule has 0 amide bonds. The molecule has 8 rings (SSSR count). The fraction of sp³-hybridized carbons (Fsp3) is 0.156. The summed E-state index contributed by atoms with van der Waals surface area (Å²) < 4.78 is 0. The number of para-hydroxylation sites is 1. The molecule has 246 valence electrons. The first kappa shape index (κ1) is 32.4. The van der Waals surface area contributed by atoms with Crippen LogP contribution in [0, 0.1) is 0 Å². The smallest absolute Gasteiger partial charge is 0.103 e. The Bertz CT molecular complexity index is 2220. The first-order valence-electron chi connectivity index (χ1n) is 17.2. The van der Waals surface area contributed by atoms with E-state index in [1.807, 2.05) is 24.2 Å². The lowest BCUT2D eigenvalue weighted by molar-refractivity contribution is 0.576. The summed E-state index contributed by atoms with van der Waals surface area (Å²) in [5.41, 5.74) is 12.1. The minimum absolute atomic E-state index is 0.00977. The Labute approximate surface area is 302 Å². The Morgan fingerprint density at radius 1 is 0.800 bits per heavy atom. The SMILES string of the molecule is C=S1C(c2cc(C(C)CC(N=C(C)c3ccccc3)c3ccc(-c4ccncc4)cc3)cc(C3Cc4ccccc4S3)c2)=Nc2ccccc21. The van der Waals surface area contributed by atoms with Crippen LogP contribution in [0.1, 0.15) is 70.9 Å². The zero-order valence-corrected chi connectivity index (χ0v) is 30.0. The summed E-state index contributed by atoms with van der Waals surface area (Å²) in [6, 6.07) is 48.1. The van der Waals surface area contributed by atoms with Gasteiger partial charge in [0.2, 0.25) is 0 Å². The molecule has 0 spiro atoms. The van der Waals surface area contributed by atoms with Crippen molar-refractivity contribution in [3.05, 3.63) is 179 Å². The van der Waals surface area contributed by atoms with E-state index in [1.54, 1.807) is 0 Å². The van der Waals surface area contributed by atoms with Gasteiger partial charge in [0.05, 0.1) is 11.7 Å². The standard InChI is InChI=1S/C45H39N3S2/c1-30(25-41(47-31(2)32-11-5-4-6-12-32)35-19-17-33(18-20-35)34-21-23-46-24-22-34)37-26-38(43-29-36-13-7-9-15-42(36)49-43)28-39(27-37)45-48-40-14-8-10-16-44(40)50(45)3/h4-24,26-28,30,41,43H,3,25,29H2,1-2H3. The molecule has 2 aliphatic heterocycles. The predicted octanol–water partition coefficient (Wildman–Crippen LogP) is 12.0. The second kappa shape index (κ2) is 14.2. The molecule has 0 saturated heterocycles. The number of nitrogens with zero attached hydrogens (tertiary/aromatic N) is 3. The average molecular weight is 686 g/mol. The van der Waals surface area contributed by atoms with E-state index < -0.39 is 0 Å². The highest BCUT2D eigenvalue weighted by Crippen LogP contribution is 2.49. The van der Waals surface area contributed by atoms with E-state index in [4.69, 9.17) is 9.98 Å². The molecule has 4 atom stereocenters. The van der Waals surface area contributed by atoms with Crippen molar-refractivity contribution in [2.24, 2.45) is 9.98 Å². The summed E-state index contributed by atoms with van der Waals surface area (Å²) >= 11 is 1.99. The third-order valence-corrected chi connectivity index (χ3v) is 12.9. The molecule has 0 saturated carbocycles. The molecule has 5 heteroatoms. The van der Waals surface area contributed by atoms with Crippen molar-refractivity contribution in [1.29, 1.82) is 0 Å². The maximum Gasteiger partial charge on any atom is 0.103 e. The normalized spacial score (nSPS) is 17.9. The van der Waals surface area contributed by atoms with Gasteiger partial charge < -0.3 is 0 Å². The Morgan fingerprint density at radius 3 is 2.30 bits per heavy atom. The molecular formula is C45H39N3S2. The van der Waals surface area contributed by atoms with Crippen LogP contribution in [0.4, 0.5) is 5.69 Å². The minimum atomic E-state index is -0.328. The molecule has 4 unspecified atom stereocenters. The van der Waals surface area contributed by atoms with Crippen molar-refractivity contribution < 1.29 is 0 Å². The van der Waals surface area contributed by atoms with Crippen molar-refractivity contribution in [3.8, 4) is 11.1 Å². The van der Waals surface area contributed by atoms with Crippen molar-refractivity contribution in [1.82, 2.24) is 4.98 Å². The molecule has 0 radical (unpaired) electrons. The van der Waals surface area contributed by atoms with Gasteiger partial charge in [-0.15, -0.1) is 22.2 Å². The van der Waals surface area contributed by atoms with Gasteiger partial charge in [0.15, 0.2) is 0 Å². The monoisotopic (exact) mass is 685 g/mol. The van der Waals surface area contributed by atoms with E-state index in [0.717, 1.165) is 40.4 Å². The maximum atomic E-state index is 5.42. The van der Waals surface area contributed by atoms with Crippen LogP contribution in [0.5, 0.6) is 0 Å². The molecule has 5 aromatic carbocycles. The first-order valence-corrected chi connectivity index (χ1v) is 19.5. The summed E-state index contributed by atoms with van der Waals surface area (Å²) in [6.45, 7) is 4.50. The number of aromatic nitrogens is 1. The third-order valence-electron chi connectivity index (χ3n) is 9.83. The van der Waals surface area contributed by atoms with Crippen molar-refractivity contribution >= 4 is 44.6 Å². The summed E-state index contributed by atoms with van der Waals surface area (Å²) in [5.74, 6) is 4.87. The van der Waals surface area contributed by atoms with Crippen molar-refractivity contribution in [3.63, 3.8) is 0 Å². The van der Waals surface area contributed by atoms with Gasteiger partial charge >= 0.3 is 0 Å². The van der Waals surface area contributed by atoms with Crippen LogP contribution in [0.3, 0.4) is 0 Å². The van der Waals surface area contributed by atoms with Crippen LogP contribution in [-0.2, 0) is 6.42 Å². The Balaban J connectivity index is 1.16. The summed E-state index contributed by atoms with van der Waals surface area (Å²) in [6.07, 6.45) is 5.61. The highest BCUT2D eigenvalue weighted by Gasteiger charge is 2.27. The van der Waals surface area contributed by atoms with Crippen molar-refractivity contribution in [2.45, 2.75) is 53.7 Å². The lowest BCUT2D eigenvalue weighted by Gasteiger charge is -2.22. The highest BCUT2D eigenvalue weighted by atomic mass is 32.2. The Hall–Kier alpha value is -4.84. The van der Waals surface area contributed by atoms with Crippen LogP contribution < -0.4 is 0 Å². The highest BCUT2D eigenvalue weighted by molar-refractivity contribution is 8.28. The van der Waals surface area contributed by atoms with Crippen LogP contribution >= 0.6 is 22.2 Å². The van der Waals surface area contributed by atoms with Crippen molar-refractivity contribution in [2.75, 3.05) is 0 Å². The van der Waals surface area contributed by atoms with E-state index in [2.05, 4.69) is 158 Å². The van der Waals surface area contributed by atoms with Gasteiger partial charge in [-0.1, -0.05) is 104 Å². The zero-order chi connectivity index (χ0) is 34.0. The zero-order valence-electron chi connectivity index (χ0n) is 28.4. The van der Waals surface area contributed by atoms with Gasteiger partial charge in [0.1, 0.15) is 5.04 Å². The minimum Gasteiger partial charge on any atom is -0.281 e. The first-order chi connectivity index (χ1) is 24.5. The van der Waals surface area contributed by atoms with Gasteiger partial charge in [0, 0.05) is 38.7 Å². The number of rotatable bonds is 9. The van der Waals surface area contributed by atoms with Gasteiger partial charge in [-0.05, 0) is 107 Å². The molecule has 2 aliphatic rings. The van der Waals surface area contributed by atoms with Crippen LogP contribution in [0.15, 0.2) is 166 Å². The summed E-state index contributed by atoms with van der Waals surface area (Å²) in [7, 11) is -0.328. The summed E-state index contributed by atoms with van der Waals surface area (Å²) in [4.78, 5) is 17.4. The number of aliphatic imine (C=N–C) groups is 2. The van der Waals surface area contributed by atoms with Gasteiger partial charge in [-0.25, -0.2) is 4.99 Å². The maximum absolute atomic E-state index is 5.42. The third kappa shape index (κ3) is 6.68.